The fourth-order valence-electron chi connectivity index (χ4n) is 3.60. The summed E-state index contributed by atoms with van der Waals surface area (Å²) in [5.74, 6) is 1.16. The van der Waals surface area contributed by atoms with Crippen LogP contribution >= 0.6 is 11.6 Å². The summed E-state index contributed by atoms with van der Waals surface area (Å²) in [7, 11) is -2.24. The van der Waals surface area contributed by atoms with Gasteiger partial charge in [0.2, 0.25) is 10.0 Å². The van der Waals surface area contributed by atoms with E-state index in [-0.39, 0.29) is 37.0 Å². The second-order valence-electron chi connectivity index (χ2n) is 7.20. The first kappa shape index (κ1) is 21.7. The van der Waals surface area contributed by atoms with Crippen LogP contribution in [0.1, 0.15) is 16.8 Å². The SMILES string of the molecule is COc1ccc(Cl)cc1C(=O)N1CCN(S(=O)(=O)c2ccc3c(c2)OCCCO3)CC1. The number of ether oxygens (including phenoxy) is 3. The van der Waals surface area contributed by atoms with Gasteiger partial charge in [-0.3, -0.25) is 4.79 Å². The number of amides is 1. The third kappa shape index (κ3) is 4.44. The van der Waals surface area contributed by atoms with Crippen molar-refractivity contribution in [3.8, 4) is 17.2 Å². The third-order valence-corrected chi connectivity index (χ3v) is 7.40. The van der Waals surface area contributed by atoms with Crippen molar-refractivity contribution in [1.82, 2.24) is 9.21 Å². The Kier molecular flexibility index (Phi) is 6.27. The van der Waals surface area contributed by atoms with Crippen molar-refractivity contribution in [3.05, 3.63) is 47.0 Å². The molecule has 1 saturated heterocycles. The maximum Gasteiger partial charge on any atom is 0.257 e. The van der Waals surface area contributed by atoms with Crippen LogP contribution in [0.2, 0.25) is 5.02 Å². The topological polar surface area (TPSA) is 85.4 Å². The van der Waals surface area contributed by atoms with Gasteiger partial charge in [0.15, 0.2) is 11.5 Å². The summed E-state index contributed by atoms with van der Waals surface area (Å²) >= 11 is 6.04. The molecule has 0 bridgehead atoms. The fourth-order valence-corrected chi connectivity index (χ4v) is 5.21. The van der Waals surface area contributed by atoms with Gasteiger partial charge >= 0.3 is 0 Å². The first-order chi connectivity index (χ1) is 14.9. The summed E-state index contributed by atoms with van der Waals surface area (Å²) in [5, 5.41) is 0.430. The number of nitrogens with zero attached hydrogens (tertiary/aromatic N) is 2. The monoisotopic (exact) mass is 466 g/mol. The number of fused-ring (bicyclic) bond motifs is 1. The van der Waals surface area contributed by atoms with Crippen molar-refractivity contribution >= 4 is 27.5 Å². The molecule has 1 amide bonds. The lowest BCUT2D eigenvalue weighted by Crippen LogP contribution is -2.50. The minimum absolute atomic E-state index is 0.146. The van der Waals surface area contributed by atoms with Gasteiger partial charge in [-0.2, -0.15) is 4.31 Å². The number of hydrogen-bond donors (Lipinski definition) is 0. The summed E-state index contributed by atoms with van der Waals surface area (Å²) in [4.78, 5) is 14.7. The third-order valence-electron chi connectivity index (χ3n) is 5.27. The second-order valence-corrected chi connectivity index (χ2v) is 9.57. The highest BCUT2D eigenvalue weighted by molar-refractivity contribution is 7.89. The number of methoxy groups -OCH3 is 1. The van der Waals surface area contributed by atoms with Crippen LogP contribution in [0.3, 0.4) is 0 Å². The molecule has 0 saturated carbocycles. The predicted octanol–water partition coefficient (Wildman–Crippen LogP) is 2.66. The van der Waals surface area contributed by atoms with Crippen LogP contribution in [0.4, 0.5) is 0 Å². The Morgan fingerprint density at radius 1 is 1.00 bits per heavy atom. The normalized spacial score (nSPS) is 17.2. The molecule has 0 atom stereocenters. The maximum absolute atomic E-state index is 13.1. The Hall–Kier alpha value is -2.49. The average molecular weight is 467 g/mol. The summed E-state index contributed by atoms with van der Waals surface area (Å²) in [6.45, 7) is 1.91. The number of carbonyl (C=O) groups is 1. The zero-order valence-corrected chi connectivity index (χ0v) is 18.6. The van der Waals surface area contributed by atoms with Crippen LogP contribution in [0, 0.1) is 0 Å². The van der Waals surface area contributed by atoms with Gasteiger partial charge in [-0.25, -0.2) is 8.42 Å². The van der Waals surface area contributed by atoms with E-state index in [9.17, 15) is 13.2 Å². The fraction of sp³-hybridized carbons (Fsp3) is 0.381. The van der Waals surface area contributed by atoms with E-state index in [4.69, 9.17) is 25.8 Å². The minimum Gasteiger partial charge on any atom is -0.496 e. The molecule has 2 aliphatic rings. The van der Waals surface area contributed by atoms with Crippen molar-refractivity contribution < 1.29 is 27.4 Å². The Morgan fingerprint density at radius 2 is 1.71 bits per heavy atom. The highest BCUT2D eigenvalue weighted by Gasteiger charge is 2.32. The standard InChI is InChI=1S/C21H23ClN2O6S/c1-28-18-5-3-15(22)13-17(18)21(25)23-7-9-24(10-8-23)31(26,27)16-4-6-19-20(14-16)30-12-2-11-29-19/h3-6,13-14H,2,7-12H2,1H3. The first-order valence-electron chi connectivity index (χ1n) is 9.93. The van der Waals surface area contributed by atoms with Crippen LogP contribution in [0.25, 0.3) is 0 Å². The van der Waals surface area contributed by atoms with Crippen molar-refractivity contribution in [2.24, 2.45) is 0 Å². The molecule has 2 aliphatic heterocycles. The minimum atomic E-state index is -3.73. The van der Waals surface area contributed by atoms with Crippen molar-refractivity contribution in [2.75, 3.05) is 46.5 Å². The summed E-state index contributed by atoms with van der Waals surface area (Å²) in [6, 6.07) is 9.50. The molecule has 4 rings (SSSR count). The lowest BCUT2D eigenvalue weighted by molar-refractivity contribution is 0.0694. The Bertz CT molecular complexity index is 1080. The van der Waals surface area contributed by atoms with Gasteiger partial charge in [-0.05, 0) is 30.3 Å². The van der Waals surface area contributed by atoms with Gasteiger partial charge in [-0.1, -0.05) is 11.6 Å². The van der Waals surface area contributed by atoms with E-state index in [1.165, 1.54) is 23.5 Å². The number of sulfonamides is 1. The molecule has 8 nitrogen and oxygen atoms in total. The molecule has 2 aromatic carbocycles. The molecule has 10 heteroatoms. The van der Waals surface area contributed by atoms with E-state index < -0.39 is 10.0 Å². The van der Waals surface area contributed by atoms with Crippen LogP contribution in [-0.2, 0) is 10.0 Å². The van der Waals surface area contributed by atoms with Crippen molar-refractivity contribution in [1.29, 1.82) is 0 Å². The smallest absolute Gasteiger partial charge is 0.257 e. The predicted molar refractivity (Wildman–Crippen MR) is 115 cm³/mol. The quantitative estimate of drug-likeness (QED) is 0.688. The van der Waals surface area contributed by atoms with E-state index in [2.05, 4.69) is 0 Å². The molecule has 0 spiro atoms. The summed E-state index contributed by atoms with van der Waals surface area (Å²) < 4.78 is 44.1. The van der Waals surface area contributed by atoms with Crippen LogP contribution in [-0.4, -0.2) is 70.0 Å². The first-order valence-corrected chi connectivity index (χ1v) is 11.7. The maximum atomic E-state index is 13.1. The molecule has 0 aromatic heterocycles. The largest absolute Gasteiger partial charge is 0.496 e. The molecule has 2 heterocycles. The summed E-state index contributed by atoms with van der Waals surface area (Å²) in [5.41, 5.74) is 0.356. The van der Waals surface area contributed by atoms with E-state index in [0.29, 0.717) is 41.0 Å². The van der Waals surface area contributed by atoms with Gasteiger partial charge in [0.25, 0.3) is 5.91 Å². The highest BCUT2D eigenvalue weighted by atomic mass is 35.5. The van der Waals surface area contributed by atoms with E-state index in [1.54, 1.807) is 29.2 Å². The number of carbonyl (C=O) groups excluding carboxylic acids is 1. The van der Waals surface area contributed by atoms with Crippen LogP contribution < -0.4 is 14.2 Å². The Balaban J connectivity index is 1.48. The Morgan fingerprint density at radius 3 is 2.42 bits per heavy atom. The molecular formula is C21H23ClN2O6S. The van der Waals surface area contributed by atoms with Crippen molar-refractivity contribution in [3.63, 3.8) is 0 Å². The van der Waals surface area contributed by atoms with Crippen LogP contribution in [0.5, 0.6) is 17.2 Å². The molecule has 2 aromatic rings. The van der Waals surface area contributed by atoms with Gasteiger partial charge in [0.1, 0.15) is 5.75 Å². The van der Waals surface area contributed by atoms with E-state index in [1.807, 2.05) is 0 Å². The number of piperazine rings is 1. The lowest BCUT2D eigenvalue weighted by atomic mass is 10.1. The zero-order valence-electron chi connectivity index (χ0n) is 17.0. The molecule has 0 radical (unpaired) electrons. The molecule has 166 valence electrons. The highest BCUT2D eigenvalue weighted by Crippen LogP contribution is 2.33. The molecule has 0 unspecified atom stereocenters. The Labute approximate surface area is 186 Å². The molecule has 0 aliphatic carbocycles. The average Bonchev–Trinajstić information content (AvgIpc) is 3.03. The van der Waals surface area contributed by atoms with Gasteiger partial charge in [0, 0.05) is 43.7 Å². The number of benzene rings is 2. The van der Waals surface area contributed by atoms with Gasteiger partial charge in [-0.15, -0.1) is 0 Å². The zero-order chi connectivity index (χ0) is 22.0. The molecule has 31 heavy (non-hydrogen) atoms. The molecule has 1 fully saturated rings. The summed E-state index contributed by atoms with van der Waals surface area (Å²) in [6.07, 6.45) is 0.740. The van der Waals surface area contributed by atoms with E-state index >= 15 is 0 Å². The van der Waals surface area contributed by atoms with E-state index in [0.717, 1.165) is 6.42 Å². The van der Waals surface area contributed by atoms with Gasteiger partial charge in [0.05, 0.1) is 30.8 Å². The van der Waals surface area contributed by atoms with Gasteiger partial charge < -0.3 is 19.1 Å². The second kappa shape index (κ2) is 8.94. The number of rotatable bonds is 4. The molecule has 0 N–H and O–H groups in total. The van der Waals surface area contributed by atoms with Crippen LogP contribution in [0.15, 0.2) is 41.3 Å². The lowest BCUT2D eigenvalue weighted by Gasteiger charge is -2.34. The molecular weight excluding hydrogens is 444 g/mol. The number of halogens is 1. The van der Waals surface area contributed by atoms with Crippen molar-refractivity contribution in [2.45, 2.75) is 11.3 Å². The number of hydrogen-bond acceptors (Lipinski definition) is 6.